The van der Waals surface area contributed by atoms with Crippen LogP contribution in [0.2, 0.25) is 0 Å². The first-order valence-electron chi connectivity index (χ1n) is 7.66. The molecule has 0 unspecified atom stereocenters. The van der Waals surface area contributed by atoms with Gasteiger partial charge in [0.15, 0.2) is 0 Å². The van der Waals surface area contributed by atoms with Crippen molar-refractivity contribution in [2.45, 2.75) is 12.8 Å². The Labute approximate surface area is 147 Å². The number of phenols is 1. The summed E-state index contributed by atoms with van der Waals surface area (Å²) in [5.41, 5.74) is 2.88. The van der Waals surface area contributed by atoms with Crippen molar-refractivity contribution in [3.63, 3.8) is 0 Å². The number of hydrazone groups is 1. The van der Waals surface area contributed by atoms with Crippen LogP contribution in [0.3, 0.4) is 0 Å². The van der Waals surface area contributed by atoms with Crippen molar-refractivity contribution in [2.75, 3.05) is 12.0 Å². The number of non-ortho nitro benzene ring substituents is 1. The maximum atomic E-state index is 11.1. The Bertz CT molecular complexity index is 912. The van der Waals surface area contributed by atoms with Crippen LogP contribution in [0.25, 0.3) is 0 Å². The number of benzene rings is 2. The first-order valence-corrected chi connectivity index (χ1v) is 7.66. The van der Waals surface area contributed by atoms with E-state index in [0.717, 1.165) is 30.5 Å². The summed E-state index contributed by atoms with van der Waals surface area (Å²) in [6.45, 7) is 0.599. The van der Waals surface area contributed by atoms with Crippen LogP contribution in [0.15, 0.2) is 35.4 Å². The van der Waals surface area contributed by atoms with Crippen molar-refractivity contribution < 1.29 is 19.7 Å². The number of anilines is 1. The van der Waals surface area contributed by atoms with Gasteiger partial charge in [0.25, 0.3) is 5.69 Å². The Morgan fingerprint density at radius 2 is 2.00 bits per heavy atom. The lowest BCUT2D eigenvalue weighted by Gasteiger charge is -2.17. The number of rotatable bonds is 5. The molecule has 0 bridgehead atoms. The predicted molar refractivity (Wildman–Crippen MR) is 92.9 cm³/mol. The number of hydrogen-bond donors (Lipinski definition) is 2. The van der Waals surface area contributed by atoms with E-state index in [1.54, 1.807) is 12.1 Å². The lowest BCUT2D eigenvalue weighted by Crippen LogP contribution is -2.08. The molecular formula is C16H14N4O6. The fourth-order valence-electron chi connectivity index (χ4n) is 2.56. The van der Waals surface area contributed by atoms with E-state index in [4.69, 9.17) is 4.74 Å². The van der Waals surface area contributed by atoms with Gasteiger partial charge in [-0.15, -0.1) is 0 Å². The van der Waals surface area contributed by atoms with Crippen LogP contribution in [0.5, 0.6) is 11.5 Å². The minimum absolute atomic E-state index is 0.00875. The molecular weight excluding hydrogens is 344 g/mol. The fraction of sp³-hybridized carbons (Fsp3) is 0.188. The lowest BCUT2D eigenvalue weighted by atomic mass is 10.0. The number of nitro benzene ring substituents is 2. The molecule has 0 aliphatic carbocycles. The summed E-state index contributed by atoms with van der Waals surface area (Å²) in [5, 5.41) is 35.7. The van der Waals surface area contributed by atoms with E-state index < -0.39 is 21.2 Å². The normalized spacial score (nSPS) is 13.1. The molecule has 0 saturated carbocycles. The highest BCUT2D eigenvalue weighted by Crippen LogP contribution is 2.31. The molecule has 134 valence electrons. The quantitative estimate of drug-likeness (QED) is 0.475. The summed E-state index contributed by atoms with van der Waals surface area (Å²) in [4.78, 5) is 20.4. The SMILES string of the molecule is O=[N+]([O-])c1ccc(NN=Cc2cc3c(cc2O)CCCO3)c([N+](=O)[O-])c1. The maximum absolute atomic E-state index is 11.1. The third-order valence-corrected chi connectivity index (χ3v) is 3.84. The number of aromatic hydroxyl groups is 1. The zero-order valence-corrected chi connectivity index (χ0v) is 13.4. The monoisotopic (exact) mass is 358 g/mol. The molecule has 0 amide bonds. The van der Waals surface area contributed by atoms with Crippen molar-refractivity contribution in [3.8, 4) is 11.5 Å². The van der Waals surface area contributed by atoms with Gasteiger partial charge in [-0.25, -0.2) is 0 Å². The van der Waals surface area contributed by atoms with Crippen molar-refractivity contribution in [1.29, 1.82) is 0 Å². The average molecular weight is 358 g/mol. The van der Waals surface area contributed by atoms with Gasteiger partial charge in [-0.1, -0.05) is 0 Å². The molecule has 0 aromatic heterocycles. The summed E-state index contributed by atoms with van der Waals surface area (Å²) in [7, 11) is 0. The molecule has 1 aliphatic heterocycles. The second-order valence-corrected chi connectivity index (χ2v) is 5.56. The molecule has 1 aliphatic rings. The topological polar surface area (TPSA) is 140 Å². The van der Waals surface area contributed by atoms with E-state index in [2.05, 4.69) is 10.5 Å². The van der Waals surface area contributed by atoms with E-state index in [1.165, 1.54) is 12.3 Å². The molecule has 0 saturated heterocycles. The third-order valence-electron chi connectivity index (χ3n) is 3.84. The molecule has 0 spiro atoms. The Kier molecular flexibility index (Phi) is 4.65. The maximum Gasteiger partial charge on any atom is 0.301 e. The van der Waals surface area contributed by atoms with Crippen LogP contribution in [0, 0.1) is 20.2 Å². The molecule has 0 radical (unpaired) electrons. The van der Waals surface area contributed by atoms with E-state index in [9.17, 15) is 25.3 Å². The summed E-state index contributed by atoms with van der Waals surface area (Å²) >= 11 is 0. The Morgan fingerprint density at radius 1 is 1.19 bits per heavy atom. The van der Waals surface area contributed by atoms with E-state index in [0.29, 0.717) is 17.9 Å². The summed E-state index contributed by atoms with van der Waals surface area (Å²) in [6.07, 6.45) is 2.98. The van der Waals surface area contributed by atoms with Crippen LogP contribution in [-0.4, -0.2) is 27.8 Å². The number of nitrogens with one attached hydrogen (secondary N) is 1. The van der Waals surface area contributed by atoms with Crippen molar-refractivity contribution >= 4 is 23.3 Å². The van der Waals surface area contributed by atoms with Crippen molar-refractivity contribution in [2.24, 2.45) is 5.10 Å². The average Bonchev–Trinajstić information content (AvgIpc) is 2.62. The fourth-order valence-corrected chi connectivity index (χ4v) is 2.56. The van der Waals surface area contributed by atoms with Gasteiger partial charge in [-0.2, -0.15) is 5.10 Å². The largest absolute Gasteiger partial charge is 0.507 e. The Balaban J connectivity index is 1.83. The molecule has 0 atom stereocenters. The van der Waals surface area contributed by atoms with Gasteiger partial charge >= 0.3 is 5.69 Å². The molecule has 2 N–H and O–H groups in total. The molecule has 26 heavy (non-hydrogen) atoms. The van der Waals surface area contributed by atoms with Crippen molar-refractivity contribution in [3.05, 3.63) is 61.7 Å². The highest BCUT2D eigenvalue weighted by Gasteiger charge is 2.19. The first-order chi connectivity index (χ1) is 12.5. The number of phenolic OH excluding ortho intramolecular Hbond substituents is 1. The van der Waals surface area contributed by atoms with Gasteiger partial charge in [0.1, 0.15) is 17.2 Å². The smallest absolute Gasteiger partial charge is 0.301 e. The van der Waals surface area contributed by atoms with Crippen LogP contribution >= 0.6 is 0 Å². The van der Waals surface area contributed by atoms with Gasteiger partial charge < -0.3 is 9.84 Å². The molecule has 10 nitrogen and oxygen atoms in total. The number of fused-ring (bicyclic) bond motifs is 1. The lowest BCUT2D eigenvalue weighted by molar-refractivity contribution is -0.393. The summed E-state index contributed by atoms with van der Waals surface area (Å²) in [5.74, 6) is 0.676. The minimum Gasteiger partial charge on any atom is -0.507 e. The van der Waals surface area contributed by atoms with Gasteiger partial charge in [0.2, 0.25) is 0 Å². The van der Waals surface area contributed by atoms with Crippen LogP contribution < -0.4 is 10.2 Å². The number of hydrogen-bond acceptors (Lipinski definition) is 8. The van der Waals surface area contributed by atoms with Crippen molar-refractivity contribution in [1.82, 2.24) is 0 Å². The second kappa shape index (κ2) is 7.05. The molecule has 10 heteroatoms. The zero-order chi connectivity index (χ0) is 18.7. The minimum atomic E-state index is -0.741. The summed E-state index contributed by atoms with van der Waals surface area (Å²) in [6, 6.07) is 6.42. The van der Waals surface area contributed by atoms with Gasteiger partial charge in [-0.3, -0.25) is 25.7 Å². The summed E-state index contributed by atoms with van der Waals surface area (Å²) < 4.78 is 5.52. The van der Waals surface area contributed by atoms with Crippen LogP contribution in [0.4, 0.5) is 17.1 Å². The molecule has 0 fully saturated rings. The first kappa shape index (κ1) is 17.1. The van der Waals surface area contributed by atoms with Gasteiger partial charge in [-0.05, 0) is 36.6 Å². The number of aryl methyl sites for hydroxylation is 1. The number of ether oxygens (including phenoxy) is 1. The number of nitrogens with zero attached hydrogens (tertiary/aromatic N) is 3. The molecule has 2 aromatic rings. The Morgan fingerprint density at radius 3 is 2.73 bits per heavy atom. The van der Waals surface area contributed by atoms with E-state index in [-0.39, 0.29) is 11.4 Å². The van der Waals surface area contributed by atoms with E-state index >= 15 is 0 Å². The standard InChI is InChI=1S/C16H14N4O6/c21-15-6-10-2-1-5-26-16(10)7-11(15)9-17-18-13-4-3-12(19(22)23)8-14(13)20(24)25/h3-4,6-9,18,21H,1-2,5H2. The third kappa shape index (κ3) is 3.53. The highest BCUT2D eigenvalue weighted by molar-refractivity contribution is 5.85. The predicted octanol–water partition coefficient (Wildman–Crippen LogP) is 2.98. The van der Waals surface area contributed by atoms with E-state index in [1.807, 2.05) is 0 Å². The van der Waals surface area contributed by atoms with Crippen LogP contribution in [0.1, 0.15) is 17.5 Å². The number of nitro groups is 2. The van der Waals surface area contributed by atoms with Gasteiger partial charge in [0, 0.05) is 11.6 Å². The van der Waals surface area contributed by atoms with Gasteiger partial charge in [0.05, 0.1) is 28.7 Å². The molecule has 2 aromatic carbocycles. The molecule has 3 rings (SSSR count). The Hall–Kier alpha value is -3.69. The second-order valence-electron chi connectivity index (χ2n) is 5.56. The zero-order valence-electron chi connectivity index (χ0n) is 13.4. The van der Waals surface area contributed by atoms with Crippen LogP contribution in [-0.2, 0) is 6.42 Å². The highest BCUT2D eigenvalue weighted by atomic mass is 16.6. The molecule has 1 heterocycles.